The molecule has 76 valence electrons. The van der Waals surface area contributed by atoms with Crippen molar-refractivity contribution in [1.29, 1.82) is 0 Å². The first-order valence-corrected chi connectivity index (χ1v) is 5.77. The van der Waals surface area contributed by atoms with Crippen LogP contribution in [0.15, 0.2) is 0 Å². The highest BCUT2D eigenvalue weighted by atomic mass is 15.2. The first-order valence-electron chi connectivity index (χ1n) is 5.77. The Hall–Kier alpha value is -0.0800. The molecule has 2 aliphatic rings. The fraction of sp³-hybridized carbons (Fsp3) is 1.00. The van der Waals surface area contributed by atoms with E-state index in [2.05, 4.69) is 10.2 Å². The molecule has 1 saturated heterocycles. The van der Waals surface area contributed by atoms with Crippen LogP contribution in [0.5, 0.6) is 0 Å². The van der Waals surface area contributed by atoms with Crippen LogP contribution in [0.4, 0.5) is 0 Å². The van der Waals surface area contributed by atoms with Gasteiger partial charge >= 0.3 is 0 Å². The zero-order valence-corrected chi connectivity index (χ0v) is 8.76. The lowest BCUT2D eigenvalue weighted by Crippen LogP contribution is -2.25. The van der Waals surface area contributed by atoms with E-state index in [1.54, 1.807) is 0 Å². The average Bonchev–Trinajstić information content (AvgIpc) is 2.64. The summed E-state index contributed by atoms with van der Waals surface area (Å²) in [6, 6.07) is 0. The third-order valence-electron chi connectivity index (χ3n) is 3.70. The van der Waals surface area contributed by atoms with Crippen LogP contribution < -0.4 is 5.32 Å². The molecule has 1 aliphatic carbocycles. The van der Waals surface area contributed by atoms with Gasteiger partial charge in [-0.05, 0) is 51.2 Å². The van der Waals surface area contributed by atoms with Gasteiger partial charge in [-0.25, -0.2) is 0 Å². The minimum atomic E-state index is 1.06. The summed E-state index contributed by atoms with van der Waals surface area (Å²) in [5.74, 6) is 2.13. The lowest BCUT2D eigenvalue weighted by atomic mass is 10.0. The second-order valence-electron chi connectivity index (χ2n) is 4.67. The fourth-order valence-electron chi connectivity index (χ4n) is 2.99. The van der Waals surface area contributed by atoms with Gasteiger partial charge in [-0.1, -0.05) is 6.42 Å². The number of rotatable bonds is 4. The van der Waals surface area contributed by atoms with E-state index < -0.39 is 0 Å². The molecular formula is C11H22N2. The van der Waals surface area contributed by atoms with E-state index in [-0.39, 0.29) is 0 Å². The second-order valence-corrected chi connectivity index (χ2v) is 4.67. The zero-order valence-electron chi connectivity index (χ0n) is 8.76. The van der Waals surface area contributed by atoms with Crippen LogP contribution in [0.25, 0.3) is 0 Å². The summed E-state index contributed by atoms with van der Waals surface area (Å²) < 4.78 is 0. The molecule has 2 nitrogen and oxygen atoms in total. The van der Waals surface area contributed by atoms with Crippen molar-refractivity contribution in [2.24, 2.45) is 11.8 Å². The summed E-state index contributed by atoms with van der Waals surface area (Å²) in [4.78, 5) is 2.67. The molecule has 2 heteroatoms. The number of hydrogen-bond donors (Lipinski definition) is 1. The molecule has 1 N–H and O–H groups in total. The predicted molar refractivity (Wildman–Crippen MR) is 55.8 cm³/mol. The molecule has 0 aromatic carbocycles. The van der Waals surface area contributed by atoms with Crippen LogP contribution in [0.3, 0.4) is 0 Å². The molecule has 1 saturated carbocycles. The Labute approximate surface area is 81.7 Å². The van der Waals surface area contributed by atoms with Gasteiger partial charge in [-0.15, -0.1) is 0 Å². The maximum Gasteiger partial charge on any atom is 0.00129 e. The summed E-state index contributed by atoms with van der Waals surface area (Å²) in [6.45, 7) is 5.28. The molecule has 2 unspecified atom stereocenters. The lowest BCUT2D eigenvalue weighted by Gasteiger charge is -2.15. The van der Waals surface area contributed by atoms with E-state index in [4.69, 9.17) is 0 Å². The standard InChI is InChI=1S/C11H22N2/c1-12-6-3-7-13-8-10-4-2-5-11(10)9-13/h10-12H,2-9H2,1H3. The first-order chi connectivity index (χ1) is 6.40. The molecule has 13 heavy (non-hydrogen) atoms. The molecule has 2 atom stereocenters. The van der Waals surface area contributed by atoms with Gasteiger partial charge in [0.15, 0.2) is 0 Å². The van der Waals surface area contributed by atoms with E-state index >= 15 is 0 Å². The molecule has 1 heterocycles. The highest BCUT2D eigenvalue weighted by molar-refractivity contribution is 4.88. The Morgan fingerprint density at radius 3 is 2.54 bits per heavy atom. The summed E-state index contributed by atoms with van der Waals surface area (Å²) in [5.41, 5.74) is 0. The van der Waals surface area contributed by atoms with Crippen molar-refractivity contribution in [3.05, 3.63) is 0 Å². The summed E-state index contributed by atoms with van der Waals surface area (Å²) in [7, 11) is 2.04. The maximum absolute atomic E-state index is 3.22. The van der Waals surface area contributed by atoms with Crippen molar-refractivity contribution >= 4 is 0 Å². The lowest BCUT2D eigenvalue weighted by molar-refractivity contribution is 0.306. The first kappa shape index (κ1) is 9.47. The largest absolute Gasteiger partial charge is 0.320 e. The van der Waals surface area contributed by atoms with Gasteiger partial charge in [-0.3, -0.25) is 0 Å². The third kappa shape index (κ3) is 2.23. The monoisotopic (exact) mass is 182 g/mol. The van der Waals surface area contributed by atoms with Crippen LogP contribution in [0.1, 0.15) is 25.7 Å². The molecule has 0 spiro atoms. The minimum Gasteiger partial charge on any atom is -0.320 e. The molecule has 2 fully saturated rings. The second kappa shape index (κ2) is 4.43. The third-order valence-corrected chi connectivity index (χ3v) is 3.70. The molecule has 0 radical (unpaired) electrons. The zero-order chi connectivity index (χ0) is 9.10. The number of likely N-dealkylation sites (tertiary alicyclic amines) is 1. The van der Waals surface area contributed by atoms with Crippen LogP contribution >= 0.6 is 0 Å². The summed E-state index contributed by atoms with van der Waals surface area (Å²) >= 11 is 0. The quantitative estimate of drug-likeness (QED) is 0.660. The number of nitrogens with zero attached hydrogens (tertiary/aromatic N) is 1. The number of fused-ring (bicyclic) bond motifs is 1. The van der Waals surface area contributed by atoms with Crippen molar-refractivity contribution in [3.63, 3.8) is 0 Å². The topological polar surface area (TPSA) is 15.3 Å². The smallest absolute Gasteiger partial charge is 0.00129 e. The maximum atomic E-state index is 3.22. The highest BCUT2D eigenvalue weighted by Crippen LogP contribution is 2.37. The van der Waals surface area contributed by atoms with E-state index in [1.807, 2.05) is 7.05 Å². The minimum absolute atomic E-state index is 1.06. The Morgan fingerprint density at radius 2 is 1.92 bits per heavy atom. The summed E-state index contributed by atoms with van der Waals surface area (Å²) in [6.07, 6.45) is 5.83. The van der Waals surface area contributed by atoms with E-state index in [0.717, 1.165) is 11.8 Å². The van der Waals surface area contributed by atoms with Crippen molar-refractivity contribution < 1.29 is 0 Å². The number of nitrogens with one attached hydrogen (secondary N) is 1. The predicted octanol–water partition coefficient (Wildman–Crippen LogP) is 1.33. The van der Waals surface area contributed by atoms with Gasteiger partial charge in [0.25, 0.3) is 0 Å². The highest BCUT2D eigenvalue weighted by Gasteiger charge is 2.35. The van der Waals surface area contributed by atoms with Crippen LogP contribution in [-0.4, -0.2) is 38.1 Å². The Morgan fingerprint density at radius 1 is 1.23 bits per heavy atom. The van der Waals surface area contributed by atoms with Crippen molar-refractivity contribution in [2.45, 2.75) is 25.7 Å². The Balaban J connectivity index is 1.67. The molecule has 0 aromatic rings. The molecule has 0 aromatic heterocycles. The average molecular weight is 182 g/mol. The van der Waals surface area contributed by atoms with E-state index in [9.17, 15) is 0 Å². The van der Waals surface area contributed by atoms with Gasteiger partial charge in [0.2, 0.25) is 0 Å². The SMILES string of the molecule is CNCCCN1CC2CCCC2C1. The van der Waals surface area contributed by atoms with Crippen LogP contribution in [0, 0.1) is 11.8 Å². The molecular weight excluding hydrogens is 160 g/mol. The van der Waals surface area contributed by atoms with Gasteiger partial charge in [0, 0.05) is 13.1 Å². The van der Waals surface area contributed by atoms with Gasteiger partial charge in [-0.2, -0.15) is 0 Å². The van der Waals surface area contributed by atoms with Crippen molar-refractivity contribution in [3.8, 4) is 0 Å². The van der Waals surface area contributed by atoms with Crippen LogP contribution in [0.2, 0.25) is 0 Å². The molecule has 2 rings (SSSR count). The summed E-state index contributed by atoms with van der Waals surface area (Å²) in [5, 5.41) is 3.22. The van der Waals surface area contributed by atoms with E-state index in [1.165, 1.54) is 51.9 Å². The molecule has 0 amide bonds. The van der Waals surface area contributed by atoms with Gasteiger partial charge in [0.1, 0.15) is 0 Å². The number of hydrogen-bond acceptors (Lipinski definition) is 2. The Bertz CT molecular complexity index is 146. The van der Waals surface area contributed by atoms with Crippen LogP contribution in [-0.2, 0) is 0 Å². The fourth-order valence-corrected chi connectivity index (χ4v) is 2.99. The van der Waals surface area contributed by atoms with Gasteiger partial charge in [0.05, 0.1) is 0 Å². The van der Waals surface area contributed by atoms with Gasteiger partial charge < -0.3 is 10.2 Å². The molecule has 1 aliphatic heterocycles. The van der Waals surface area contributed by atoms with E-state index in [0.29, 0.717) is 0 Å². The van der Waals surface area contributed by atoms with Crippen molar-refractivity contribution in [2.75, 3.05) is 33.2 Å². The Kier molecular flexibility index (Phi) is 3.23. The van der Waals surface area contributed by atoms with Crippen molar-refractivity contribution in [1.82, 2.24) is 10.2 Å². The molecule has 0 bridgehead atoms. The normalized spacial score (nSPS) is 33.9.